The van der Waals surface area contributed by atoms with Crippen LogP contribution in [0.5, 0.6) is 0 Å². The van der Waals surface area contributed by atoms with Crippen molar-refractivity contribution in [2.24, 2.45) is 0 Å². The number of aliphatic hydroxyl groups excluding tert-OH is 1. The number of alkyl halides is 3. The molecule has 0 amide bonds. The Morgan fingerprint density at radius 1 is 1.33 bits per heavy atom. The highest BCUT2D eigenvalue weighted by Gasteiger charge is 2.65. The molecule has 0 radical (unpaired) electrons. The lowest BCUT2D eigenvalue weighted by Crippen LogP contribution is -2.48. The average molecular weight is 247 g/mol. The van der Waals surface area contributed by atoms with E-state index in [2.05, 4.69) is 0 Å². The van der Waals surface area contributed by atoms with Gasteiger partial charge in [-0.15, -0.1) is 0 Å². The molecule has 0 aliphatic heterocycles. The van der Waals surface area contributed by atoms with Gasteiger partial charge in [0.25, 0.3) is 0 Å². The summed E-state index contributed by atoms with van der Waals surface area (Å²) in [4.78, 5) is 0. The third-order valence-electron chi connectivity index (χ3n) is 2.21. The average Bonchev–Trinajstić information content (AvgIpc) is 2.80. The molecule has 0 bridgehead atoms. The molecular weight excluding hydrogens is 235 g/mol. The lowest BCUT2D eigenvalue weighted by molar-refractivity contribution is -0.160. The van der Waals surface area contributed by atoms with Crippen molar-refractivity contribution in [3.05, 3.63) is 0 Å². The van der Waals surface area contributed by atoms with E-state index in [0.29, 0.717) is 0 Å². The maximum absolute atomic E-state index is 12.4. The summed E-state index contributed by atoms with van der Waals surface area (Å²) in [6, 6.07) is 0. The molecule has 0 aromatic carbocycles. The quantitative estimate of drug-likeness (QED) is 0.738. The second-order valence-corrected chi connectivity index (χ2v) is 5.42. The van der Waals surface area contributed by atoms with E-state index >= 15 is 0 Å². The van der Waals surface area contributed by atoms with Crippen LogP contribution in [0, 0.1) is 0 Å². The fourth-order valence-electron chi connectivity index (χ4n) is 1.17. The summed E-state index contributed by atoms with van der Waals surface area (Å²) in [5.74, 6) is -0.485. The van der Waals surface area contributed by atoms with Crippen LogP contribution in [-0.4, -0.2) is 37.6 Å². The van der Waals surface area contributed by atoms with Gasteiger partial charge in [0, 0.05) is 6.61 Å². The van der Waals surface area contributed by atoms with E-state index in [0.717, 1.165) is 0 Å². The van der Waals surface area contributed by atoms with Gasteiger partial charge >= 0.3 is 6.18 Å². The minimum absolute atomic E-state index is 0.0662. The zero-order valence-electron chi connectivity index (χ0n) is 7.84. The van der Waals surface area contributed by atoms with Crippen molar-refractivity contribution in [3.8, 4) is 0 Å². The molecule has 4 nitrogen and oxygen atoms in total. The van der Waals surface area contributed by atoms with E-state index in [-0.39, 0.29) is 25.9 Å². The standard InChI is InChI=1S/C7H12F3NO3S/c8-7(9,10)6(2-3-6)11-15(13,14)5-1-4-12/h11-12H,1-5H2. The van der Waals surface area contributed by atoms with Gasteiger partial charge in [-0.25, -0.2) is 8.42 Å². The van der Waals surface area contributed by atoms with Crippen LogP contribution in [0.1, 0.15) is 19.3 Å². The highest BCUT2D eigenvalue weighted by atomic mass is 32.2. The molecule has 0 aromatic heterocycles. The number of nitrogens with one attached hydrogen (secondary N) is 1. The third kappa shape index (κ3) is 3.05. The minimum Gasteiger partial charge on any atom is -0.396 e. The predicted octanol–water partition coefficient (Wildman–Crippen LogP) is 0.383. The molecule has 8 heteroatoms. The molecule has 0 heterocycles. The number of sulfonamides is 1. The first-order chi connectivity index (χ1) is 6.72. The third-order valence-corrected chi connectivity index (χ3v) is 3.74. The van der Waals surface area contributed by atoms with Crippen molar-refractivity contribution in [2.75, 3.05) is 12.4 Å². The molecule has 1 rings (SSSR count). The first kappa shape index (κ1) is 12.7. The zero-order valence-corrected chi connectivity index (χ0v) is 8.66. The normalized spacial score (nSPS) is 20.3. The van der Waals surface area contributed by atoms with Gasteiger partial charge in [-0.05, 0) is 19.3 Å². The van der Waals surface area contributed by atoms with Gasteiger partial charge in [-0.2, -0.15) is 17.9 Å². The van der Waals surface area contributed by atoms with Crippen LogP contribution in [0.4, 0.5) is 13.2 Å². The highest BCUT2D eigenvalue weighted by Crippen LogP contribution is 2.49. The second-order valence-electron chi connectivity index (χ2n) is 3.58. The van der Waals surface area contributed by atoms with Crippen molar-refractivity contribution in [3.63, 3.8) is 0 Å². The number of halogens is 3. The molecule has 0 unspecified atom stereocenters. The summed E-state index contributed by atoms with van der Waals surface area (Å²) < 4.78 is 61.1. The number of aliphatic hydroxyl groups is 1. The Balaban J connectivity index is 2.62. The molecule has 1 saturated carbocycles. The Morgan fingerprint density at radius 2 is 1.87 bits per heavy atom. The van der Waals surface area contributed by atoms with Crippen molar-refractivity contribution in [1.29, 1.82) is 0 Å². The topological polar surface area (TPSA) is 66.4 Å². The molecule has 1 aliphatic carbocycles. The molecule has 0 spiro atoms. The van der Waals surface area contributed by atoms with Gasteiger partial charge in [0.05, 0.1) is 5.75 Å². The Kier molecular flexibility index (Phi) is 3.32. The molecule has 0 saturated heterocycles. The Labute approximate surface area is 85.5 Å². The molecule has 90 valence electrons. The van der Waals surface area contributed by atoms with Gasteiger partial charge in [0.15, 0.2) is 0 Å². The summed E-state index contributed by atoms with van der Waals surface area (Å²) in [6.45, 7) is -0.361. The lowest BCUT2D eigenvalue weighted by Gasteiger charge is -2.20. The van der Waals surface area contributed by atoms with E-state index in [4.69, 9.17) is 5.11 Å². The maximum atomic E-state index is 12.4. The highest BCUT2D eigenvalue weighted by molar-refractivity contribution is 7.89. The number of hydrogen-bond acceptors (Lipinski definition) is 3. The molecule has 15 heavy (non-hydrogen) atoms. The largest absolute Gasteiger partial charge is 0.407 e. The van der Waals surface area contributed by atoms with E-state index in [1.807, 2.05) is 0 Å². The SMILES string of the molecule is O=S(=O)(CCCO)NC1(C(F)(F)F)CC1. The summed E-state index contributed by atoms with van der Waals surface area (Å²) in [5, 5.41) is 8.39. The van der Waals surface area contributed by atoms with Gasteiger partial charge in [0.1, 0.15) is 5.54 Å². The Bertz CT molecular complexity index is 321. The number of hydrogen-bond donors (Lipinski definition) is 2. The molecule has 1 aliphatic rings. The van der Waals surface area contributed by atoms with Crippen LogP contribution in [0.2, 0.25) is 0 Å². The summed E-state index contributed by atoms with van der Waals surface area (Å²) >= 11 is 0. The van der Waals surface area contributed by atoms with Gasteiger partial charge in [-0.3, -0.25) is 0 Å². The summed E-state index contributed by atoms with van der Waals surface area (Å²) in [7, 11) is -3.95. The minimum atomic E-state index is -4.54. The second kappa shape index (κ2) is 3.91. The first-order valence-electron chi connectivity index (χ1n) is 4.42. The van der Waals surface area contributed by atoms with Crippen molar-refractivity contribution in [2.45, 2.75) is 31.0 Å². The molecule has 1 fully saturated rings. The van der Waals surface area contributed by atoms with E-state index in [1.165, 1.54) is 0 Å². The first-order valence-corrected chi connectivity index (χ1v) is 6.07. The van der Waals surface area contributed by atoms with Crippen molar-refractivity contribution >= 4 is 10.0 Å². The van der Waals surface area contributed by atoms with Gasteiger partial charge < -0.3 is 5.11 Å². The van der Waals surface area contributed by atoms with E-state index in [1.54, 1.807) is 4.72 Å². The fraction of sp³-hybridized carbons (Fsp3) is 1.00. The van der Waals surface area contributed by atoms with Gasteiger partial charge in [0.2, 0.25) is 10.0 Å². The van der Waals surface area contributed by atoms with Gasteiger partial charge in [-0.1, -0.05) is 0 Å². The molecule has 0 atom stereocenters. The van der Waals surface area contributed by atoms with Crippen LogP contribution in [-0.2, 0) is 10.0 Å². The van der Waals surface area contributed by atoms with Crippen LogP contribution in [0.25, 0.3) is 0 Å². The monoisotopic (exact) mass is 247 g/mol. The molecular formula is C7H12F3NO3S. The summed E-state index contributed by atoms with van der Waals surface area (Å²) in [6.07, 6.45) is -5.04. The Morgan fingerprint density at radius 3 is 2.20 bits per heavy atom. The van der Waals surface area contributed by atoms with Crippen molar-refractivity contribution < 1.29 is 26.7 Å². The van der Waals surface area contributed by atoms with Crippen LogP contribution in [0.3, 0.4) is 0 Å². The van der Waals surface area contributed by atoms with E-state index in [9.17, 15) is 21.6 Å². The smallest absolute Gasteiger partial charge is 0.396 e. The Hall–Kier alpha value is -0.340. The fourth-order valence-corrected chi connectivity index (χ4v) is 2.70. The predicted molar refractivity (Wildman–Crippen MR) is 46.6 cm³/mol. The van der Waals surface area contributed by atoms with Crippen LogP contribution < -0.4 is 4.72 Å². The molecule has 0 aromatic rings. The van der Waals surface area contributed by atoms with E-state index < -0.39 is 27.5 Å². The number of rotatable bonds is 5. The zero-order chi connectivity index (χ0) is 11.7. The lowest BCUT2D eigenvalue weighted by atomic mass is 10.3. The van der Waals surface area contributed by atoms with Crippen LogP contribution >= 0.6 is 0 Å². The van der Waals surface area contributed by atoms with Crippen molar-refractivity contribution in [1.82, 2.24) is 4.72 Å². The molecule has 2 N–H and O–H groups in total. The summed E-state index contributed by atoms with van der Waals surface area (Å²) in [5.41, 5.74) is -2.25. The maximum Gasteiger partial charge on any atom is 0.407 e. The van der Waals surface area contributed by atoms with Crippen LogP contribution in [0.15, 0.2) is 0 Å².